The van der Waals surface area contributed by atoms with Gasteiger partial charge in [-0.05, 0) is 29.8 Å². The molecule has 0 atom stereocenters. The first kappa shape index (κ1) is 20.5. The van der Waals surface area contributed by atoms with Gasteiger partial charge in [0.15, 0.2) is 0 Å². The third kappa shape index (κ3) is 6.13. The summed E-state index contributed by atoms with van der Waals surface area (Å²) >= 11 is 12.0. The minimum absolute atomic E-state index is 0.0311. The number of anilines is 1. The van der Waals surface area contributed by atoms with E-state index in [4.69, 9.17) is 28.9 Å². The highest BCUT2D eigenvalue weighted by atomic mass is 35.5. The monoisotopic (exact) mass is 405 g/mol. The lowest BCUT2D eigenvalue weighted by Crippen LogP contribution is -2.28. The lowest BCUT2D eigenvalue weighted by molar-refractivity contribution is -0.118. The lowest BCUT2D eigenvalue weighted by Gasteiger charge is -2.10. The second kappa shape index (κ2) is 9.75. The molecule has 0 heterocycles. The number of nitrogens with two attached hydrogens (primary N) is 1. The standard InChI is InChI=1S/C19H17Cl2N3O3/c20-14-6-3-4-12(18(14)21)8-9-17(26)24-15-7-2-1-5-13(15)19(27)23-11-10-16(22)25/h1-9H,10-11H2,(H2,22,25)(H,23,27)(H,24,26)/b9-8+. The predicted molar refractivity (Wildman–Crippen MR) is 107 cm³/mol. The molecule has 0 aromatic heterocycles. The van der Waals surface area contributed by atoms with E-state index in [0.29, 0.717) is 21.3 Å². The summed E-state index contributed by atoms with van der Waals surface area (Å²) in [5.41, 5.74) is 6.24. The summed E-state index contributed by atoms with van der Waals surface area (Å²) in [4.78, 5) is 35.2. The minimum Gasteiger partial charge on any atom is -0.370 e. The molecule has 0 aliphatic rings. The van der Waals surface area contributed by atoms with E-state index in [2.05, 4.69) is 10.6 Å². The van der Waals surface area contributed by atoms with Crippen molar-refractivity contribution in [2.24, 2.45) is 5.73 Å². The molecule has 0 radical (unpaired) electrons. The van der Waals surface area contributed by atoms with Crippen LogP contribution in [0.2, 0.25) is 10.0 Å². The summed E-state index contributed by atoms with van der Waals surface area (Å²) in [6.45, 7) is 0.115. The third-order valence-corrected chi connectivity index (χ3v) is 4.32. The summed E-state index contributed by atoms with van der Waals surface area (Å²) in [6, 6.07) is 11.6. The number of hydrogen-bond donors (Lipinski definition) is 3. The van der Waals surface area contributed by atoms with E-state index in [9.17, 15) is 14.4 Å². The Morgan fingerprint density at radius 1 is 1.04 bits per heavy atom. The van der Waals surface area contributed by atoms with Gasteiger partial charge in [-0.15, -0.1) is 0 Å². The molecular weight excluding hydrogens is 389 g/mol. The Kier molecular flexibility index (Phi) is 7.40. The van der Waals surface area contributed by atoms with Gasteiger partial charge in [0, 0.05) is 19.0 Å². The van der Waals surface area contributed by atoms with Crippen LogP contribution in [0.3, 0.4) is 0 Å². The molecule has 0 aliphatic heterocycles. The van der Waals surface area contributed by atoms with Gasteiger partial charge in [-0.1, -0.05) is 47.5 Å². The number of para-hydroxylation sites is 1. The number of carbonyl (C=O) groups is 3. The molecule has 2 rings (SSSR count). The Morgan fingerprint density at radius 3 is 2.52 bits per heavy atom. The van der Waals surface area contributed by atoms with Gasteiger partial charge in [-0.2, -0.15) is 0 Å². The molecule has 4 N–H and O–H groups in total. The van der Waals surface area contributed by atoms with E-state index in [-0.39, 0.29) is 18.5 Å². The first-order valence-corrected chi connectivity index (χ1v) is 8.72. The summed E-state index contributed by atoms with van der Waals surface area (Å²) in [7, 11) is 0. The molecule has 0 bridgehead atoms. The molecule has 0 unspecified atom stereocenters. The molecule has 6 nitrogen and oxygen atoms in total. The number of carbonyl (C=O) groups excluding carboxylic acids is 3. The van der Waals surface area contributed by atoms with Crippen molar-refractivity contribution in [3.05, 3.63) is 69.7 Å². The molecule has 140 valence electrons. The number of halogens is 2. The number of nitrogens with one attached hydrogen (secondary N) is 2. The van der Waals surface area contributed by atoms with Crippen LogP contribution in [0.15, 0.2) is 48.5 Å². The van der Waals surface area contributed by atoms with Gasteiger partial charge in [0.25, 0.3) is 5.91 Å². The first-order chi connectivity index (χ1) is 12.9. The topological polar surface area (TPSA) is 101 Å². The highest BCUT2D eigenvalue weighted by molar-refractivity contribution is 6.42. The molecular formula is C19H17Cl2N3O3. The van der Waals surface area contributed by atoms with Crippen LogP contribution in [0.5, 0.6) is 0 Å². The zero-order valence-electron chi connectivity index (χ0n) is 14.2. The van der Waals surface area contributed by atoms with E-state index >= 15 is 0 Å². The number of amides is 3. The zero-order chi connectivity index (χ0) is 19.8. The van der Waals surface area contributed by atoms with Crippen molar-refractivity contribution < 1.29 is 14.4 Å². The molecule has 3 amide bonds. The summed E-state index contributed by atoms with van der Waals surface area (Å²) in [6.07, 6.45) is 2.85. The number of rotatable bonds is 7. The van der Waals surface area contributed by atoms with Crippen LogP contribution >= 0.6 is 23.2 Å². The van der Waals surface area contributed by atoms with Crippen LogP contribution in [0.4, 0.5) is 5.69 Å². The van der Waals surface area contributed by atoms with E-state index in [1.807, 2.05) is 0 Å². The fourth-order valence-corrected chi connectivity index (χ4v) is 2.54. The van der Waals surface area contributed by atoms with Crippen molar-refractivity contribution in [2.75, 3.05) is 11.9 Å². The second-order valence-corrected chi connectivity index (χ2v) is 6.27. The van der Waals surface area contributed by atoms with E-state index in [1.54, 1.807) is 42.5 Å². The highest BCUT2D eigenvalue weighted by Gasteiger charge is 2.12. The summed E-state index contributed by atoms with van der Waals surface area (Å²) < 4.78 is 0. The second-order valence-electron chi connectivity index (χ2n) is 5.48. The third-order valence-electron chi connectivity index (χ3n) is 3.48. The van der Waals surface area contributed by atoms with Crippen LogP contribution < -0.4 is 16.4 Å². The molecule has 0 saturated carbocycles. The SMILES string of the molecule is NC(=O)CCNC(=O)c1ccccc1NC(=O)/C=C/c1cccc(Cl)c1Cl. The average molecular weight is 406 g/mol. The van der Waals surface area contributed by atoms with Crippen LogP contribution in [0.25, 0.3) is 6.08 Å². The zero-order valence-corrected chi connectivity index (χ0v) is 15.7. The first-order valence-electron chi connectivity index (χ1n) is 7.97. The average Bonchev–Trinajstić information content (AvgIpc) is 2.63. The fourth-order valence-electron chi connectivity index (χ4n) is 2.17. The Labute approximate surface area is 166 Å². The fraction of sp³-hybridized carbons (Fsp3) is 0.105. The van der Waals surface area contributed by atoms with Crippen LogP contribution in [-0.4, -0.2) is 24.3 Å². The normalized spacial score (nSPS) is 10.6. The highest BCUT2D eigenvalue weighted by Crippen LogP contribution is 2.26. The van der Waals surface area contributed by atoms with Crippen molar-refractivity contribution in [3.63, 3.8) is 0 Å². The smallest absolute Gasteiger partial charge is 0.253 e. The van der Waals surface area contributed by atoms with Crippen molar-refractivity contribution in [2.45, 2.75) is 6.42 Å². The van der Waals surface area contributed by atoms with Gasteiger partial charge in [0.2, 0.25) is 11.8 Å². The molecule has 0 fully saturated rings. The Bertz CT molecular complexity index is 898. The van der Waals surface area contributed by atoms with Crippen LogP contribution in [-0.2, 0) is 9.59 Å². The van der Waals surface area contributed by atoms with Crippen molar-refractivity contribution in [1.29, 1.82) is 0 Å². The summed E-state index contributed by atoms with van der Waals surface area (Å²) in [5, 5.41) is 5.95. The van der Waals surface area contributed by atoms with Crippen molar-refractivity contribution >= 4 is 52.7 Å². The molecule has 8 heteroatoms. The predicted octanol–water partition coefficient (Wildman–Crippen LogP) is 3.25. The largest absolute Gasteiger partial charge is 0.370 e. The Hall–Kier alpha value is -2.83. The van der Waals surface area contributed by atoms with Crippen molar-refractivity contribution in [3.8, 4) is 0 Å². The van der Waals surface area contributed by atoms with Crippen molar-refractivity contribution in [1.82, 2.24) is 5.32 Å². The molecule has 0 aliphatic carbocycles. The van der Waals surface area contributed by atoms with Gasteiger partial charge in [0.05, 0.1) is 21.3 Å². The number of primary amides is 1. The van der Waals surface area contributed by atoms with Crippen LogP contribution in [0.1, 0.15) is 22.3 Å². The van der Waals surface area contributed by atoms with E-state index < -0.39 is 17.7 Å². The van der Waals surface area contributed by atoms with Gasteiger partial charge in [-0.3, -0.25) is 14.4 Å². The molecule has 2 aromatic rings. The molecule has 27 heavy (non-hydrogen) atoms. The van der Waals surface area contributed by atoms with Crippen LogP contribution in [0, 0.1) is 0 Å². The number of benzene rings is 2. The van der Waals surface area contributed by atoms with Gasteiger partial charge < -0.3 is 16.4 Å². The van der Waals surface area contributed by atoms with E-state index in [1.165, 1.54) is 12.2 Å². The molecule has 0 saturated heterocycles. The van der Waals surface area contributed by atoms with Gasteiger partial charge >= 0.3 is 0 Å². The van der Waals surface area contributed by atoms with E-state index in [0.717, 1.165) is 0 Å². The maximum Gasteiger partial charge on any atom is 0.253 e. The minimum atomic E-state index is -0.512. The van der Waals surface area contributed by atoms with Gasteiger partial charge in [0.1, 0.15) is 0 Å². The quantitative estimate of drug-likeness (QED) is 0.616. The number of hydrogen-bond acceptors (Lipinski definition) is 3. The summed E-state index contributed by atoms with van der Waals surface area (Å²) in [5.74, 6) is -1.38. The Morgan fingerprint density at radius 2 is 1.78 bits per heavy atom. The molecule has 0 spiro atoms. The maximum absolute atomic E-state index is 12.2. The lowest BCUT2D eigenvalue weighted by atomic mass is 10.1. The molecule has 2 aromatic carbocycles. The Balaban J connectivity index is 2.07. The van der Waals surface area contributed by atoms with Gasteiger partial charge in [-0.25, -0.2) is 0 Å². The maximum atomic E-state index is 12.2.